The van der Waals surface area contributed by atoms with E-state index in [-0.39, 0.29) is 41.4 Å². The van der Waals surface area contributed by atoms with Gasteiger partial charge in [-0.25, -0.2) is 4.21 Å². The summed E-state index contributed by atoms with van der Waals surface area (Å²) < 4.78 is 14.0. The van der Waals surface area contributed by atoms with Crippen LogP contribution >= 0.6 is 11.6 Å². The molecule has 4 amide bonds. The number of anilines is 1. The lowest BCUT2D eigenvalue weighted by Crippen LogP contribution is -2.55. The Hall–Kier alpha value is -5.04. The SMILES string of the molecule is CC(NC[C@H](Cc1ccccc1)NC(=O)c1cc(C(=O)N[C@H](C)c2cccc(Cl)c2)cc(N(C)S(C)=O)c1)C(=O)N[C@H](C(=O)NCCc1ccccc1)C(C)C. The first-order chi connectivity index (χ1) is 26.7. The maximum absolute atomic E-state index is 14.0. The Labute approximate surface area is 338 Å². The van der Waals surface area contributed by atoms with Crippen LogP contribution in [0.2, 0.25) is 5.02 Å². The molecule has 2 unspecified atom stereocenters. The van der Waals surface area contributed by atoms with Crippen LogP contribution < -0.4 is 30.9 Å². The molecule has 0 aliphatic carbocycles. The topological polar surface area (TPSA) is 149 Å². The summed E-state index contributed by atoms with van der Waals surface area (Å²) >= 11 is 6.17. The fourth-order valence-electron chi connectivity index (χ4n) is 5.99. The van der Waals surface area contributed by atoms with E-state index in [1.807, 2.05) is 87.5 Å². The molecule has 0 saturated carbocycles. The Balaban J connectivity index is 1.47. The molecule has 11 nitrogen and oxygen atoms in total. The molecular formula is C43H53ClN6O5S. The molecule has 4 rings (SSSR count). The van der Waals surface area contributed by atoms with Gasteiger partial charge in [0, 0.05) is 48.6 Å². The average molecular weight is 801 g/mol. The molecule has 298 valence electrons. The summed E-state index contributed by atoms with van der Waals surface area (Å²) in [6, 6.07) is 29.1. The predicted molar refractivity (Wildman–Crippen MR) is 225 cm³/mol. The van der Waals surface area contributed by atoms with Gasteiger partial charge in [-0.1, -0.05) is 98.2 Å². The Morgan fingerprint density at radius 1 is 0.732 bits per heavy atom. The van der Waals surface area contributed by atoms with Crippen molar-refractivity contribution in [2.45, 2.75) is 64.7 Å². The molecule has 56 heavy (non-hydrogen) atoms. The third kappa shape index (κ3) is 13.3. The Bertz CT molecular complexity index is 1960. The van der Waals surface area contributed by atoms with E-state index < -0.39 is 40.9 Å². The predicted octanol–water partition coefficient (Wildman–Crippen LogP) is 5.38. The van der Waals surface area contributed by atoms with Crippen molar-refractivity contribution in [2.24, 2.45) is 5.92 Å². The number of carbonyl (C=O) groups is 4. The van der Waals surface area contributed by atoms with Gasteiger partial charge in [-0.2, -0.15) is 0 Å². The number of hydrogen-bond donors (Lipinski definition) is 5. The van der Waals surface area contributed by atoms with Gasteiger partial charge in [0.15, 0.2) is 0 Å². The summed E-state index contributed by atoms with van der Waals surface area (Å²) in [6.07, 6.45) is 2.62. The first-order valence-corrected chi connectivity index (χ1v) is 20.6. The van der Waals surface area contributed by atoms with Crippen molar-refractivity contribution in [3.05, 3.63) is 136 Å². The molecular weight excluding hydrogens is 748 g/mol. The number of carbonyl (C=O) groups excluding carboxylic acids is 4. The third-order valence-electron chi connectivity index (χ3n) is 9.41. The summed E-state index contributed by atoms with van der Waals surface area (Å²) in [6.45, 7) is 7.97. The second kappa shape index (κ2) is 21.3. The minimum absolute atomic E-state index is 0.153. The van der Waals surface area contributed by atoms with E-state index in [9.17, 15) is 23.4 Å². The van der Waals surface area contributed by atoms with Gasteiger partial charge in [0.2, 0.25) is 11.8 Å². The lowest BCUT2D eigenvalue weighted by Gasteiger charge is -2.26. The van der Waals surface area contributed by atoms with Gasteiger partial charge in [0.1, 0.15) is 17.0 Å². The minimum atomic E-state index is -1.44. The third-order valence-corrected chi connectivity index (χ3v) is 10.6. The molecule has 0 saturated heterocycles. The minimum Gasteiger partial charge on any atom is -0.354 e. The van der Waals surface area contributed by atoms with Gasteiger partial charge in [0.25, 0.3) is 11.8 Å². The molecule has 0 aliphatic rings. The van der Waals surface area contributed by atoms with Crippen LogP contribution in [0, 0.1) is 5.92 Å². The van der Waals surface area contributed by atoms with E-state index >= 15 is 0 Å². The fraction of sp³-hybridized carbons (Fsp3) is 0.349. The van der Waals surface area contributed by atoms with Gasteiger partial charge in [-0.3, -0.25) is 23.5 Å². The maximum Gasteiger partial charge on any atom is 0.251 e. The second-order valence-corrected chi connectivity index (χ2v) is 16.0. The highest BCUT2D eigenvalue weighted by Gasteiger charge is 2.27. The molecule has 0 aromatic heterocycles. The zero-order valence-electron chi connectivity index (χ0n) is 32.8. The van der Waals surface area contributed by atoms with Crippen LogP contribution in [-0.4, -0.2) is 72.4 Å². The molecule has 0 fully saturated rings. The second-order valence-electron chi connectivity index (χ2n) is 14.2. The van der Waals surface area contributed by atoms with Crippen molar-refractivity contribution in [1.82, 2.24) is 26.6 Å². The zero-order chi connectivity index (χ0) is 40.8. The highest BCUT2D eigenvalue weighted by Crippen LogP contribution is 2.22. The molecule has 0 aliphatic heterocycles. The van der Waals surface area contributed by atoms with Gasteiger partial charge < -0.3 is 26.6 Å². The fourth-order valence-corrected chi connectivity index (χ4v) is 6.60. The Morgan fingerprint density at radius 2 is 1.34 bits per heavy atom. The largest absolute Gasteiger partial charge is 0.354 e. The zero-order valence-corrected chi connectivity index (χ0v) is 34.4. The lowest BCUT2D eigenvalue weighted by molar-refractivity contribution is -0.130. The van der Waals surface area contributed by atoms with Gasteiger partial charge in [-0.15, -0.1) is 0 Å². The number of hydrogen-bond acceptors (Lipinski definition) is 6. The highest BCUT2D eigenvalue weighted by molar-refractivity contribution is 7.85. The first kappa shape index (κ1) is 43.7. The summed E-state index contributed by atoms with van der Waals surface area (Å²) in [5.74, 6) is -1.63. The number of nitrogens with one attached hydrogen (secondary N) is 5. The molecule has 4 aromatic carbocycles. The van der Waals surface area contributed by atoms with Gasteiger partial charge in [-0.05, 0) is 79.6 Å². The first-order valence-electron chi connectivity index (χ1n) is 18.7. The van der Waals surface area contributed by atoms with Crippen LogP contribution in [0.15, 0.2) is 103 Å². The van der Waals surface area contributed by atoms with E-state index in [1.165, 1.54) is 16.6 Å². The number of rotatable bonds is 19. The summed E-state index contributed by atoms with van der Waals surface area (Å²) in [5, 5.41) is 15.7. The maximum atomic E-state index is 14.0. The van der Waals surface area contributed by atoms with Crippen LogP contribution in [-0.2, 0) is 33.4 Å². The summed E-state index contributed by atoms with van der Waals surface area (Å²) in [5.41, 5.74) is 3.72. The quantitative estimate of drug-likeness (QED) is 0.0861. The highest BCUT2D eigenvalue weighted by atomic mass is 35.5. The molecule has 13 heteroatoms. The van der Waals surface area contributed by atoms with Crippen molar-refractivity contribution >= 4 is 51.9 Å². The normalized spacial score (nSPS) is 13.8. The lowest BCUT2D eigenvalue weighted by atomic mass is 10.0. The van der Waals surface area contributed by atoms with Crippen molar-refractivity contribution in [3.8, 4) is 0 Å². The van der Waals surface area contributed by atoms with Gasteiger partial charge in [0.05, 0.1) is 17.8 Å². The Kier molecular flexibility index (Phi) is 16.6. The standard InChI is InChI=1S/C43H53ClN6O5S/c1-28(2)39(43(54)45-21-20-31-14-9-7-10-15-31)49-40(51)30(4)46-27-37(22-32-16-11-8-12-17-32)48-42(53)35-23-34(25-38(26-35)50(5)56(6)55)41(52)47-29(3)33-18-13-19-36(44)24-33/h7-19,23-26,28-30,37,39,46H,20-22,27H2,1-6H3,(H,45,54)(H,47,52)(H,48,53)(H,49,51)/t29-,30?,37+,39+,56?/m1/s1. The number of benzene rings is 4. The van der Waals surface area contributed by atoms with E-state index in [0.29, 0.717) is 30.1 Å². The van der Waals surface area contributed by atoms with Crippen LogP contribution in [0.5, 0.6) is 0 Å². The molecule has 5 atom stereocenters. The van der Waals surface area contributed by atoms with Crippen LogP contribution in [0.3, 0.4) is 0 Å². The summed E-state index contributed by atoms with van der Waals surface area (Å²) in [7, 11) is 0.185. The number of nitrogens with zero attached hydrogens (tertiary/aromatic N) is 1. The Morgan fingerprint density at radius 3 is 1.93 bits per heavy atom. The summed E-state index contributed by atoms with van der Waals surface area (Å²) in [4.78, 5) is 54.1. The van der Waals surface area contributed by atoms with E-state index in [1.54, 1.807) is 44.3 Å². The number of amides is 4. The van der Waals surface area contributed by atoms with E-state index in [4.69, 9.17) is 11.6 Å². The van der Waals surface area contributed by atoms with Crippen molar-refractivity contribution < 1.29 is 23.4 Å². The molecule has 5 N–H and O–H groups in total. The van der Waals surface area contributed by atoms with Crippen LogP contribution in [0.25, 0.3) is 0 Å². The molecule has 0 radical (unpaired) electrons. The monoisotopic (exact) mass is 800 g/mol. The van der Waals surface area contributed by atoms with Crippen molar-refractivity contribution in [1.29, 1.82) is 0 Å². The van der Waals surface area contributed by atoms with Crippen molar-refractivity contribution in [2.75, 3.05) is 30.7 Å². The van der Waals surface area contributed by atoms with Crippen LogP contribution in [0.4, 0.5) is 5.69 Å². The molecule has 0 heterocycles. The van der Waals surface area contributed by atoms with E-state index in [2.05, 4.69) is 26.6 Å². The molecule has 0 spiro atoms. The molecule has 4 aromatic rings. The van der Waals surface area contributed by atoms with Gasteiger partial charge >= 0.3 is 0 Å². The van der Waals surface area contributed by atoms with E-state index in [0.717, 1.165) is 16.7 Å². The smallest absolute Gasteiger partial charge is 0.251 e. The van der Waals surface area contributed by atoms with Crippen molar-refractivity contribution in [3.63, 3.8) is 0 Å². The number of halogens is 1. The molecule has 0 bridgehead atoms. The van der Waals surface area contributed by atoms with Crippen LogP contribution in [0.1, 0.15) is 71.1 Å². The average Bonchev–Trinajstić information content (AvgIpc) is 3.18.